The number of alkyl halides is 3. The van der Waals surface area contributed by atoms with Gasteiger partial charge in [-0.1, -0.05) is 0 Å². The van der Waals surface area contributed by atoms with Gasteiger partial charge in [0.05, 0.1) is 19.2 Å². The molecule has 0 bridgehead atoms. The Kier molecular flexibility index (Phi) is 4.41. The molecular formula is C10H10F5NO. The maximum absolute atomic E-state index is 12.8. The number of rotatable bonds is 4. The zero-order chi connectivity index (χ0) is 13.1. The summed E-state index contributed by atoms with van der Waals surface area (Å²) >= 11 is 0. The Hall–Kier alpha value is -1.21. The maximum Gasteiger partial charge on any atom is 0.401 e. The third-order valence-corrected chi connectivity index (χ3v) is 2.02. The van der Waals surface area contributed by atoms with Gasteiger partial charge in [0.2, 0.25) is 0 Å². The van der Waals surface area contributed by atoms with Crippen LogP contribution in [0.3, 0.4) is 0 Å². The van der Waals surface area contributed by atoms with Crippen molar-refractivity contribution in [3.8, 4) is 0 Å². The minimum absolute atomic E-state index is 0.0748. The van der Waals surface area contributed by atoms with Crippen LogP contribution in [0.5, 0.6) is 0 Å². The Balaban J connectivity index is 2.79. The van der Waals surface area contributed by atoms with Crippen LogP contribution in [0, 0.1) is 11.6 Å². The highest BCUT2D eigenvalue weighted by Crippen LogP contribution is 2.19. The summed E-state index contributed by atoms with van der Waals surface area (Å²) in [5.74, 6) is -1.82. The van der Waals surface area contributed by atoms with Crippen molar-refractivity contribution in [1.29, 1.82) is 0 Å². The number of hydrogen-bond donors (Lipinski definition) is 2. The highest BCUT2D eigenvalue weighted by Gasteiger charge is 2.28. The molecule has 17 heavy (non-hydrogen) atoms. The van der Waals surface area contributed by atoms with Gasteiger partial charge in [-0.25, -0.2) is 8.78 Å². The molecule has 0 saturated heterocycles. The van der Waals surface area contributed by atoms with E-state index in [2.05, 4.69) is 0 Å². The van der Waals surface area contributed by atoms with Gasteiger partial charge in [-0.2, -0.15) is 13.2 Å². The summed E-state index contributed by atoms with van der Waals surface area (Å²) in [6.07, 6.45) is -4.46. The third-order valence-electron chi connectivity index (χ3n) is 2.02. The predicted octanol–water partition coefficient (Wildman–Crippen LogP) is 2.15. The molecule has 2 N–H and O–H groups in total. The molecule has 0 aliphatic heterocycles. The van der Waals surface area contributed by atoms with Crippen molar-refractivity contribution in [2.45, 2.75) is 12.2 Å². The highest BCUT2D eigenvalue weighted by molar-refractivity contribution is 5.21. The van der Waals surface area contributed by atoms with E-state index in [9.17, 15) is 22.0 Å². The van der Waals surface area contributed by atoms with Crippen molar-refractivity contribution in [3.05, 3.63) is 35.4 Å². The lowest BCUT2D eigenvalue weighted by Crippen LogP contribution is -2.33. The molecule has 1 unspecified atom stereocenters. The molecule has 0 heterocycles. The average Bonchev–Trinajstić information content (AvgIpc) is 2.15. The fourth-order valence-corrected chi connectivity index (χ4v) is 1.30. The van der Waals surface area contributed by atoms with Crippen LogP contribution in [0.4, 0.5) is 22.0 Å². The molecule has 0 saturated carbocycles. The third kappa shape index (κ3) is 4.66. The fourth-order valence-electron chi connectivity index (χ4n) is 1.30. The summed E-state index contributed by atoms with van der Waals surface area (Å²) < 4.78 is 61.5. The second-order valence-corrected chi connectivity index (χ2v) is 3.43. The Morgan fingerprint density at radius 3 is 2.06 bits per heavy atom. The average molecular weight is 255 g/mol. The van der Waals surface area contributed by atoms with Gasteiger partial charge in [0, 0.05) is 6.07 Å². The minimum atomic E-state index is -4.46. The van der Waals surface area contributed by atoms with E-state index >= 15 is 0 Å². The van der Waals surface area contributed by atoms with Gasteiger partial charge in [-0.05, 0) is 17.7 Å². The lowest BCUT2D eigenvalue weighted by atomic mass is 10.1. The molecule has 0 amide bonds. The molecule has 1 aromatic carbocycles. The quantitative estimate of drug-likeness (QED) is 0.808. The van der Waals surface area contributed by atoms with Crippen LogP contribution >= 0.6 is 0 Å². The van der Waals surface area contributed by atoms with Crippen LogP contribution in [-0.2, 0) is 0 Å². The smallest absolute Gasteiger partial charge is 0.394 e. The van der Waals surface area contributed by atoms with E-state index in [1.54, 1.807) is 0 Å². The summed E-state index contributed by atoms with van der Waals surface area (Å²) in [6.45, 7) is -2.05. The van der Waals surface area contributed by atoms with Crippen LogP contribution in [0.25, 0.3) is 0 Å². The predicted molar refractivity (Wildman–Crippen MR) is 50.2 cm³/mol. The number of benzene rings is 1. The molecule has 1 atom stereocenters. The molecule has 96 valence electrons. The Labute approximate surface area is 94.1 Å². The molecule has 0 aliphatic carbocycles. The van der Waals surface area contributed by atoms with Gasteiger partial charge in [-0.3, -0.25) is 5.32 Å². The van der Waals surface area contributed by atoms with Crippen LogP contribution in [0.1, 0.15) is 11.6 Å². The summed E-state index contributed by atoms with van der Waals surface area (Å²) in [7, 11) is 0. The largest absolute Gasteiger partial charge is 0.401 e. The van der Waals surface area contributed by atoms with E-state index in [0.29, 0.717) is 6.07 Å². The minimum Gasteiger partial charge on any atom is -0.394 e. The van der Waals surface area contributed by atoms with Crippen molar-refractivity contribution >= 4 is 0 Å². The van der Waals surface area contributed by atoms with Gasteiger partial charge in [-0.15, -0.1) is 0 Å². The Morgan fingerprint density at radius 2 is 1.65 bits per heavy atom. The second kappa shape index (κ2) is 5.42. The number of halogens is 5. The van der Waals surface area contributed by atoms with E-state index in [4.69, 9.17) is 5.11 Å². The number of nitrogens with one attached hydrogen (secondary N) is 1. The molecule has 0 aliphatic rings. The van der Waals surface area contributed by atoms with Crippen LogP contribution in [0.15, 0.2) is 18.2 Å². The first-order chi connectivity index (χ1) is 7.81. The molecule has 0 radical (unpaired) electrons. The zero-order valence-electron chi connectivity index (χ0n) is 8.56. The van der Waals surface area contributed by atoms with Crippen molar-refractivity contribution in [1.82, 2.24) is 5.32 Å². The van der Waals surface area contributed by atoms with Gasteiger partial charge >= 0.3 is 6.18 Å². The van der Waals surface area contributed by atoms with E-state index in [1.807, 2.05) is 5.32 Å². The van der Waals surface area contributed by atoms with Crippen molar-refractivity contribution < 1.29 is 27.1 Å². The molecule has 1 rings (SSSR count). The lowest BCUT2D eigenvalue weighted by Gasteiger charge is -2.18. The van der Waals surface area contributed by atoms with E-state index < -0.39 is 37.0 Å². The van der Waals surface area contributed by atoms with Gasteiger partial charge in [0.25, 0.3) is 0 Å². The van der Waals surface area contributed by atoms with Crippen LogP contribution < -0.4 is 5.32 Å². The SMILES string of the molecule is OCC(NCC(F)(F)F)c1cc(F)cc(F)c1. The van der Waals surface area contributed by atoms with Crippen LogP contribution in [0.2, 0.25) is 0 Å². The summed E-state index contributed by atoms with van der Waals surface area (Å²) in [4.78, 5) is 0. The summed E-state index contributed by atoms with van der Waals surface area (Å²) in [6, 6.07) is 1.17. The molecule has 0 fully saturated rings. The van der Waals surface area contributed by atoms with Crippen molar-refractivity contribution in [2.75, 3.05) is 13.2 Å². The number of aliphatic hydroxyl groups excluding tert-OH is 1. The second-order valence-electron chi connectivity index (χ2n) is 3.43. The molecule has 0 spiro atoms. The summed E-state index contributed by atoms with van der Waals surface area (Å²) in [5, 5.41) is 10.9. The maximum atomic E-state index is 12.8. The normalized spacial score (nSPS) is 13.8. The fraction of sp³-hybridized carbons (Fsp3) is 0.400. The molecular weight excluding hydrogens is 245 g/mol. The van der Waals surface area contributed by atoms with Gasteiger partial charge in [0.15, 0.2) is 0 Å². The first-order valence-corrected chi connectivity index (χ1v) is 4.69. The number of aliphatic hydroxyl groups is 1. The van der Waals surface area contributed by atoms with Crippen LogP contribution in [-0.4, -0.2) is 24.4 Å². The van der Waals surface area contributed by atoms with Crippen molar-refractivity contribution in [2.24, 2.45) is 0 Å². The topological polar surface area (TPSA) is 32.3 Å². The first kappa shape index (κ1) is 13.9. The van der Waals surface area contributed by atoms with E-state index in [1.165, 1.54) is 0 Å². The van der Waals surface area contributed by atoms with Crippen molar-refractivity contribution in [3.63, 3.8) is 0 Å². The monoisotopic (exact) mass is 255 g/mol. The number of hydrogen-bond acceptors (Lipinski definition) is 2. The Morgan fingerprint density at radius 1 is 1.12 bits per heavy atom. The summed E-state index contributed by atoms with van der Waals surface area (Å²) in [5.41, 5.74) is -0.0748. The standard InChI is InChI=1S/C10H10F5NO/c11-7-1-6(2-8(12)3-7)9(4-17)16-5-10(13,14)15/h1-3,9,16-17H,4-5H2. The van der Waals surface area contributed by atoms with Gasteiger partial charge < -0.3 is 5.11 Å². The van der Waals surface area contributed by atoms with E-state index in [-0.39, 0.29) is 5.56 Å². The van der Waals surface area contributed by atoms with E-state index in [0.717, 1.165) is 12.1 Å². The Bertz CT molecular complexity index is 359. The van der Waals surface area contributed by atoms with Gasteiger partial charge in [0.1, 0.15) is 11.6 Å². The first-order valence-electron chi connectivity index (χ1n) is 4.69. The highest BCUT2D eigenvalue weighted by atomic mass is 19.4. The zero-order valence-corrected chi connectivity index (χ0v) is 8.56. The molecule has 7 heteroatoms. The molecule has 2 nitrogen and oxygen atoms in total. The lowest BCUT2D eigenvalue weighted by molar-refractivity contribution is -0.126. The molecule has 1 aromatic rings. The molecule has 0 aromatic heterocycles.